The molecule has 2 heteroatoms. The molecule has 2 aliphatic carbocycles. The van der Waals surface area contributed by atoms with E-state index in [1.165, 1.54) is 32.1 Å². The van der Waals surface area contributed by atoms with E-state index >= 15 is 0 Å². The Morgan fingerprint density at radius 1 is 1.33 bits per heavy atom. The first-order valence-corrected chi connectivity index (χ1v) is 6.53. The molecule has 2 fully saturated rings. The van der Waals surface area contributed by atoms with Crippen molar-refractivity contribution in [3.63, 3.8) is 0 Å². The van der Waals surface area contributed by atoms with Gasteiger partial charge < -0.3 is 10.4 Å². The lowest BCUT2D eigenvalue weighted by Gasteiger charge is -2.39. The van der Waals surface area contributed by atoms with Gasteiger partial charge in [-0.15, -0.1) is 0 Å². The zero-order valence-corrected chi connectivity index (χ0v) is 10.1. The maximum atomic E-state index is 10.1. The summed E-state index contributed by atoms with van der Waals surface area (Å²) >= 11 is 0. The molecule has 0 saturated heterocycles. The fourth-order valence-electron chi connectivity index (χ4n) is 2.74. The third-order valence-corrected chi connectivity index (χ3v) is 4.44. The van der Waals surface area contributed by atoms with Crippen molar-refractivity contribution in [1.82, 2.24) is 5.32 Å². The maximum Gasteiger partial charge on any atom is 0.0605 e. The Morgan fingerprint density at radius 3 is 2.67 bits per heavy atom. The van der Waals surface area contributed by atoms with Crippen LogP contribution in [0.2, 0.25) is 0 Å². The minimum absolute atomic E-state index is 0.0925. The van der Waals surface area contributed by atoms with Gasteiger partial charge in [-0.1, -0.05) is 19.8 Å². The molecule has 0 aromatic carbocycles. The van der Waals surface area contributed by atoms with Crippen molar-refractivity contribution in [2.45, 2.75) is 64.5 Å². The first-order valence-electron chi connectivity index (χ1n) is 6.53. The van der Waals surface area contributed by atoms with E-state index in [1.54, 1.807) is 0 Å². The molecule has 3 atom stereocenters. The van der Waals surface area contributed by atoms with Crippen molar-refractivity contribution in [2.24, 2.45) is 11.3 Å². The summed E-state index contributed by atoms with van der Waals surface area (Å²) in [6, 6.07) is 0.649. The van der Waals surface area contributed by atoms with Crippen molar-refractivity contribution in [2.75, 3.05) is 6.54 Å². The molecule has 15 heavy (non-hydrogen) atoms. The van der Waals surface area contributed by atoms with E-state index in [1.807, 2.05) is 0 Å². The number of rotatable bonds is 4. The summed E-state index contributed by atoms with van der Waals surface area (Å²) in [6.07, 6.45) is 7.36. The minimum Gasteiger partial charge on any atom is -0.393 e. The van der Waals surface area contributed by atoms with Gasteiger partial charge in [0.05, 0.1) is 6.10 Å². The Kier molecular flexibility index (Phi) is 3.36. The van der Waals surface area contributed by atoms with E-state index in [9.17, 15) is 5.11 Å². The van der Waals surface area contributed by atoms with Gasteiger partial charge in [0, 0.05) is 18.0 Å². The van der Waals surface area contributed by atoms with E-state index in [4.69, 9.17) is 0 Å². The third-order valence-electron chi connectivity index (χ3n) is 4.44. The number of hydrogen-bond donors (Lipinski definition) is 2. The van der Waals surface area contributed by atoms with Crippen LogP contribution in [-0.4, -0.2) is 23.8 Å². The first-order chi connectivity index (χ1) is 7.12. The maximum absolute atomic E-state index is 10.1. The average molecular weight is 211 g/mol. The Balaban J connectivity index is 1.79. The van der Waals surface area contributed by atoms with Crippen LogP contribution in [-0.2, 0) is 0 Å². The standard InChI is InChI=1S/C13H25NO/c1-10(11-6-7-11)14-9-13(2)8-4-3-5-12(13)15/h10-12,14-15H,3-9H2,1-2H3. The summed E-state index contributed by atoms with van der Waals surface area (Å²) < 4.78 is 0. The summed E-state index contributed by atoms with van der Waals surface area (Å²) in [5.41, 5.74) is 0.126. The molecule has 3 unspecified atom stereocenters. The molecule has 0 aromatic heterocycles. The molecule has 0 spiro atoms. The molecule has 0 amide bonds. The number of aliphatic hydroxyl groups is 1. The summed E-state index contributed by atoms with van der Waals surface area (Å²) in [5, 5.41) is 13.7. The van der Waals surface area contributed by atoms with Gasteiger partial charge in [0.2, 0.25) is 0 Å². The van der Waals surface area contributed by atoms with Gasteiger partial charge in [-0.05, 0) is 38.5 Å². The van der Waals surface area contributed by atoms with Crippen molar-refractivity contribution < 1.29 is 5.11 Å². The van der Waals surface area contributed by atoms with E-state index in [2.05, 4.69) is 19.2 Å². The summed E-state index contributed by atoms with van der Waals surface area (Å²) in [7, 11) is 0. The molecular formula is C13H25NO. The monoisotopic (exact) mass is 211 g/mol. The average Bonchev–Trinajstić information content (AvgIpc) is 3.03. The predicted molar refractivity (Wildman–Crippen MR) is 62.8 cm³/mol. The van der Waals surface area contributed by atoms with Gasteiger partial charge in [-0.25, -0.2) is 0 Å². The Bertz CT molecular complexity index is 215. The topological polar surface area (TPSA) is 32.3 Å². The minimum atomic E-state index is -0.0925. The molecule has 0 aromatic rings. The van der Waals surface area contributed by atoms with Gasteiger partial charge in [0.25, 0.3) is 0 Å². The second-order valence-electron chi connectivity index (χ2n) is 5.92. The SMILES string of the molecule is CC(NCC1(C)CCCCC1O)C1CC1. The molecule has 0 bridgehead atoms. The normalized spacial score (nSPS) is 39.0. The van der Waals surface area contributed by atoms with Crippen molar-refractivity contribution >= 4 is 0 Å². The molecule has 2 aliphatic rings. The van der Waals surface area contributed by atoms with Crippen LogP contribution in [0.1, 0.15) is 52.4 Å². The summed E-state index contributed by atoms with van der Waals surface area (Å²) in [5.74, 6) is 0.911. The lowest BCUT2D eigenvalue weighted by Crippen LogP contribution is -2.46. The molecule has 88 valence electrons. The van der Waals surface area contributed by atoms with Crippen LogP contribution < -0.4 is 5.32 Å². The molecule has 0 aliphatic heterocycles. The molecule has 2 rings (SSSR count). The van der Waals surface area contributed by atoms with Crippen LogP contribution in [0, 0.1) is 11.3 Å². The Hall–Kier alpha value is -0.0800. The van der Waals surface area contributed by atoms with Gasteiger partial charge in [-0.3, -0.25) is 0 Å². The highest BCUT2D eigenvalue weighted by molar-refractivity contribution is 4.91. The van der Waals surface area contributed by atoms with Crippen molar-refractivity contribution in [3.05, 3.63) is 0 Å². The van der Waals surface area contributed by atoms with Crippen molar-refractivity contribution in [3.8, 4) is 0 Å². The van der Waals surface area contributed by atoms with Gasteiger partial charge >= 0.3 is 0 Å². The molecule has 0 heterocycles. The zero-order chi connectivity index (χ0) is 10.9. The Labute approximate surface area is 93.5 Å². The lowest BCUT2D eigenvalue weighted by atomic mass is 9.73. The van der Waals surface area contributed by atoms with Gasteiger partial charge in [0.15, 0.2) is 0 Å². The van der Waals surface area contributed by atoms with E-state index in [-0.39, 0.29) is 11.5 Å². The molecule has 2 saturated carbocycles. The van der Waals surface area contributed by atoms with Crippen LogP contribution in [0.5, 0.6) is 0 Å². The predicted octanol–water partition coefficient (Wildman–Crippen LogP) is 2.32. The van der Waals surface area contributed by atoms with Crippen LogP contribution >= 0.6 is 0 Å². The highest BCUT2D eigenvalue weighted by Gasteiger charge is 2.36. The number of nitrogens with one attached hydrogen (secondary N) is 1. The lowest BCUT2D eigenvalue weighted by molar-refractivity contribution is -0.000325. The fourth-order valence-corrected chi connectivity index (χ4v) is 2.74. The smallest absolute Gasteiger partial charge is 0.0605 e. The molecular weight excluding hydrogens is 186 g/mol. The largest absolute Gasteiger partial charge is 0.393 e. The molecule has 0 radical (unpaired) electrons. The number of aliphatic hydroxyl groups excluding tert-OH is 1. The summed E-state index contributed by atoms with van der Waals surface area (Å²) in [4.78, 5) is 0. The fraction of sp³-hybridized carbons (Fsp3) is 1.00. The first kappa shape index (κ1) is 11.4. The van der Waals surface area contributed by atoms with Crippen LogP contribution in [0.3, 0.4) is 0 Å². The summed E-state index contributed by atoms with van der Waals surface area (Å²) in [6.45, 7) is 5.52. The van der Waals surface area contributed by atoms with E-state index in [0.29, 0.717) is 6.04 Å². The van der Waals surface area contributed by atoms with Crippen LogP contribution in [0.25, 0.3) is 0 Å². The zero-order valence-electron chi connectivity index (χ0n) is 10.1. The van der Waals surface area contributed by atoms with Crippen LogP contribution in [0.4, 0.5) is 0 Å². The van der Waals surface area contributed by atoms with Gasteiger partial charge in [0.1, 0.15) is 0 Å². The highest BCUT2D eigenvalue weighted by Crippen LogP contribution is 2.37. The van der Waals surface area contributed by atoms with Crippen LogP contribution in [0.15, 0.2) is 0 Å². The quantitative estimate of drug-likeness (QED) is 0.748. The highest BCUT2D eigenvalue weighted by atomic mass is 16.3. The molecule has 2 nitrogen and oxygen atoms in total. The van der Waals surface area contributed by atoms with Crippen molar-refractivity contribution in [1.29, 1.82) is 0 Å². The Morgan fingerprint density at radius 2 is 2.07 bits per heavy atom. The molecule has 2 N–H and O–H groups in total. The van der Waals surface area contributed by atoms with E-state index < -0.39 is 0 Å². The second-order valence-corrected chi connectivity index (χ2v) is 5.92. The number of hydrogen-bond acceptors (Lipinski definition) is 2. The van der Waals surface area contributed by atoms with E-state index in [0.717, 1.165) is 18.9 Å². The van der Waals surface area contributed by atoms with Gasteiger partial charge in [-0.2, -0.15) is 0 Å². The third kappa shape index (κ3) is 2.73. The second kappa shape index (κ2) is 4.42.